The fourth-order valence-corrected chi connectivity index (χ4v) is 1.68. The third-order valence-electron chi connectivity index (χ3n) is 1.72. The summed E-state index contributed by atoms with van der Waals surface area (Å²) in [6.45, 7) is 5.40. The molecule has 0 aromatic carbocycles. The summed E-state index contributed by atoms with van der Waals surface area (Å²) >= 11 is 1.40. The third-order valence-corrected chi connectivity index (χ3v) is 2.62. The van der Waals surface area contributed by atoms with Gasteiger partial charge in [0.2, 0.25) is 0 Å². The standard InChI is InChI=1S/C10H16N2O4S/c1-3-14-6-5-7-17-10-12-11-8(16-10)9(13)15-4-2/h3-7H2,1-2H3. The predicted molar refractivity (Wildman–Crippen MR) is 62.1 cm³/mol. The molecule has 0 aliphatic heterocycles. The van der Waals surface area contributed by atoms with Gasteiger partial charge in [0.05, 0.1) is 6.61 Å². The van der Waals surface area contributed by atoms with E-state index >= 15 is 0 Å². The zero-order valence-electron chi connectivity index (χ0n) is 9.97. The summed E-state index contributed by atoms with van der Waals surface area (Å²) in [6.07, 6.45) is 0.898. The number of nitrogens with zero attached hydrogens (tertiary/aromatic N) is 2. The number of aromatic nitrogens is 2. The van der Waals surface area contributed by atoms with Gasteiger partial charge in [-0.3, -0.25) is 0 Å². The van der Waals surface area contributed by atoms with Crippen LogP contribution >= 0.6 is 11.8 Å². The highest BCUT2D eigenvalue weighted by Crippen LogP contribution is 2.17. The summed E-state index contributed by atoms with van der Waals surface area (Å²) < 4.78 is 15.1. The van der Waals surface area contributed by atoms with E-state index in [0.29, 0.717) is 11.8 Å². The normalized spacial score (nSPS) is 10.5. The molecule has 1 heterocycles. The Kier molecular flexibility index (Phi) is 6.64. The SMILES string of the molecule is CCOCCCSc1nnc(C(=O)OCC)o1. The molecular formula is C10H16N2O4S. The summed E-state index contributed by atoms with van der Waals surface area (Å²) in [5, 5.41) is 7.73. The van der Waals surface area contributed by atoms with Crippen LogP contribution in [0.25, 0.3) is 0 Å². The number of rotatable bonds is 8. The van der Waals surface area contributed by atoms with Gasteiger partial charge in [-0.2, -0.15) is 0 Å². The lowest BCUT2D eigenvalue weighted by Crippen LogP contribution is -2.04. The van der Waals surface area contributed by atoms with Gasteiger partial charge < -0.3 is 13.9 Å². The maximum absolute atomic E-state index is 11.2. The molecule has 96 valence electrons. The molecule has 6 nitrogen and oxygen atoms in total. The molecule has 7 heteroatoms. The van der Waals surface area contributed by atoms with E-state index in [1.54, 1.807) is 6.92 Å². The van der Waals surface area contributed by atoms with Crippen LogP contribution in [0.4, 0.5) is 0 Å². The smallest absolute Gasteiger partial charge is 0.396 e. The van der Waals surface area contributed by atoms with Crippen LogP contribution in [0, 0.1) is 0 Å². The molecule has 0 aliphatic carbocycles. The second-order valence-electron chi connectivity index (χ2n) is 2.99. The Hall–Kier alpha value is -1.08. The summed E-state index contributed by atoms with van der Waals surface area (Å²) in [4.78, 5) is 11.2. The molecule has 0 unspecified atom stereocenters. The van der Waals surface area contributed by atoms with E-state index in [1.807, 2.05) is 6.92 Å². The number of hydrogen-bond acceptors (Lipinski definition) is 7. The first-order valence-corrected chi connectivity index (χ1v) is 6.47. The minimum atomic E-state index is -0.582. The van der Waals surface area contributed by atoms with Gasteiger partial charge >= 0.3 is 11.9 Å². The van der Waals surface area contributed by atoms with E-state index < -0.39 is 5.97 Å². The summed E-state index contributed by atoms with van der Waals surface area (Å²) in [6, 6.07) is 0. The van der Waals surface area contributed by atoms with Crippen molar-refractivity contribution in [1.29, 1.82) is 0 Å². The molecule has 0 radical (unpaired) electrons. The molecule has 0 N–H and O–H groups in total. The zero-order valence-corrected chi connectivity index (χ0v) is 10.8. The van der Waals surface area contributed by atoms with Gasteiger partial charge in [0.1, 0.15) is 0 Å². The van der Waals surface area contributed by atoms with Crippen molar-refractivity contribution in [1.82, 2.24) is 10.2 Å². The Bertz CT molecular complexity index is 343. The predicted octanol–water partition coefficient (Wildman–Crippen LogP) is 1.77. The van der Waals surface area contributed by atoms with Crippen LogP contribution in [0.1, 0.15) is 31.0 Å². The second kappa shape index (κ2) is 8.08. The van der Waals surface area contributed by atoms with Crippen molar-refractivity contribution in [2.24, 2.45) is 0 Å². The number of carbonyl (C=O) groups is 1. The average Bonchev–Trinajstić information content (AvgIpc) is 2.78. The fourth-order valence-electron chi connectivity index (χ4n) is 1.01. The Morgan fingerprint density at radius 2 is 2.18 bits per heavy atom. The molecular weight excluding hydrogens is 244 g/mol. The van der Waals surface area contributed by atoms with Gasteiger partial charge in [0.15, 0.2) is 0 Å². The van der Waals surface area contributed by atoms with Gasteiger partial charge in [-0.15, -0.1) is 5.10 Å². The topological polar surface area (TPSA) is 74.5 Å². The summed E-state index contributed by atoms with van der Waals surface area (Å²) in [5.41, 5.74) is 0. The molecule has 0 saturated carbocycles. The van der Waals surface area contributed by atoms with Crippen LogP contribution < -0.4 is 0 Å². The number of carbonyl (C=O) groups excluding carboxylic acids is 1. The van der Waals surface area contributed by atoms with Crippen molar-refractivity contribution >= 4 is 17.7 Å². The molecule has 0 fully saturated rings. The van der Waals surface area contributed by atoms with Crippen molar-refractivity contribution in [3.05, 3.63) is 5.89 Å². The molecule has 0 spiro atoms. The van der Waals surface area contributed by atoms with Crippen molar-refractivity contribution in [3.63, 3.8) is 0 Å². The minimum Gasteiger partial charge on any atom is -0.459 e. The molecule has 0 saturated heterocycles. The lowest BCUT2D eigenvalue weighted by Gasteiger charge is -1.98. The number of hydrogen-bond donors (Lipinski definition) is 0. The molecule has 0 atom stereocenters. The van der Waals surface area contributed by atoms with Gasteiger partial charge in [0, 0.05) is 19.0 Å². The van der Waals surface area contributed by atoms with E-state index in [2.05, 4.69) is 10.2 Å². The van der Waals surface area contributed by atoms with Gasteiger partial charge in [0.25, 0.3) is 5.22 Å². The Morgan fingerprint density at radius 1 is 1.35 bits per heavy atom. The lowest BCUT2D eigenvalue weighted by atomic mass is 10.5. The maximum atomic E-state index is 11.2. The van der Waals surface area contributed by atoms with Gasteiger partial charge in [-0.1, -0.05) is 16.9 Å². The molecule has 0 amide bonds. The van der Waals surface area contributed by atoms with E-state index in [1.165, 1.54) is 11.8 Å². The van der Waals surface area contributed by atoms with Crippen LogP contribution in [0.5, 0.6) is 0 Å². The molecule has 1 rings (SSSR count). The molecule has 0 bridgehead atoms. The number of thioether (sulfide) groups is 1. The quantitative estimate of drug-likeness (QED) is 0.400. The molecule has 0 aliphatic rings. The van der Waals surface area contributed by atoms with Gasteiger partial charge in [-0.25, -0.2) is 4.79 Å². The maximum Gasteiger partial charge on any atom is 0.396 e. The lowest BCUT2D eigenvalue weighted by molar-refractivity contribution is 0.0475. The summed E-state index contributed by atoms with van der Waals surface area (Å²) in [5.74, 6) is 0.130. The van der Waals surface area contributed by atoms with Crippen LogP contribution in [-0.4, -0.2) is 41.7 Å². The highest BCUT2D eigenvalue weighted by atomic mass is 32.2. The highest BCUT2D eigenvalue weighted by Gasteiger charge is 2.15. The molecule has 17 heavy (non-hydrogen) atoms. The molecule has 1 aromatic heterocycles. The van der Waals surface area contributed by atoms with E-state index in [0.717, 1.165) is 18.8 Å². The monoisotopic (exact) mass is 260 g/mol. The first-order chi connectivity index (χ1) is 8.27. The van der Waals surface area contributed by atoms with Crippen LogP contribution in [-0.2, 0) is 9.47 Å². The van der Waals surface area contributed by atoms with E-state index in [4.69, 9.17) is 13.9 Å². The number of ether oxygens (including phenoxy) is 2. The van der Waals surface area contributed by atoms with Gasteiger partial charge in [-0.05, 0) is 20.3 Å². The number of esters is 1. The second-order valence-corrected chi connectivity index (χ2v) is 4.04. The van der Waals surface area contributed by atoms with E-state index in [9.17, 15) is 4.79 Å². The van der Waals surface area contributed by atoms with Crippen LogP contribution in [0.3, 0.4) is 0 Å². The van der Waals surface area contributed by atoms with Crippen molar-refractivity contribution in [3.8, 4) is 0 Å². The fraction of sp³-hybridized carbons (Fsp3) is 0.700. The van der Waals surface area contributed by atoms with Crippen molar-refractivity contribution in [2.45, 2.75) is 25.5 Å². The Morgan fingerprint density at radius 3 is 2.88 bits per heavy atom. The van der Waals surface area contributed by atoms with Crippen LogP contribution in [0.15, 0.2) is 9.64 Å². The first kappa shape index (κ1) is 14.0. The third kappa shape index (κ3) is 5.18. The largest absolute Gasteiger partial charge is 0.459 e. The van der Waals surface area contributed by atoms with Crippen LogP contribution in [0.2, 0.25) is 0 Å². The Balaban J connectivity index is 2.28. The van der Waals surface area contributed by atoms with E-state index in [-0.39, 0.29) is 12.5 Å². The molecule has 1 aromatic rings. The summed E-state index contributed by atoms with van der Waals surface area (Å²) in [7, 11) is 0. The average molecular weight is 260 g/mol. The highest BCUT2D eigenvalue weighted by molar-refractivity contribution is 7.99. The first-order valence-electron chi connectivity index (χ1n) is 5.49. The van der Waals surface area contributed by atoms with Crippen molar-refractivity contribution < 1.29 is 18.7 Å². The Labute approximate surface area is 104 Å². The van der Waals surface area contributed by atoms with Crippen molar-refractivity contribution in [2.75, 3.05) is 25.6 Å². The minimum absolute atomic E-state index is 0.0980. The zero-order chi connectivity index (χ0) is 12.5.